The van der Waals surface area contributed by atoms with Crippen LogP contribution in [0.3, 0.4) is 0 Å². The van der Waals surface area contributed by atoms with Gasteiger partial charge in [-0.3, -0.25) is 0 Å². The Morgan fingerprint density at radius 2 is 0.857 bits per heavy atom. The molecule has 0 atom stereocenters. The van der Waals surface area contributed by atoms with Crippen LogP contribution < -0.4 is 10.6 Å². The summed E-state index contributed by atoms with van der Waals surface area (Å²) in [6.45, 7) is 18.8. The predicted molar refractivity (Wildman–Crippen MR) is 155 cm³/mol. The summed E-state index contributed by atoms with van der Waals surface area (Å²) < 4.78 is 19.5. The van der Waals surface area contributed by atoms with Crippen LogP contribution in [0.2, 0.25) is 0 Å². The minimum atomic E-state index is -2.50. The fourth-order valence-corrected chi connectivity index (χ4v) is 10.9. The molecule has 4 aromatic rings. The van der Waals surface area contributed by atoms with Crippen molar-refractivity contribution in [3.63, 3.8) is 0 Å². The summed E-state index contributed by atoms with van der Waals surface area (Å²) in [6.07, 6.45) is 0. The third-order valence-corrected chi connectivity index (χ3v) is 12.2. The van der Waals surface area contributed by atoms with E-state index in [2.05, 4.69) is 128 Å². The van der Waals surface area contributed by atoms with E-state index in [1.54, 1.807) is 10.6 Å². The Balaban J connectivity index is 0.000000222. The molecular formula is C30H40F2P2Ti-2. The van der Waals surface area contributed by atoms with Crippen molar-refractivity contribution in [1.29, 1.82) is 0 Å². The molecule has 4 rings (SSSR count). The molecule has 0 aromatic heterocycles. The maximum atomic E-state index is 9.75. The average Bonchev–Trinajstić information content (AvgIpc) is 3.37. The second kappa shape index (κ2) is 14.7. The van der Waals surface area contributed by atoms with Gasteiger partial charge < -0.3 is 0 Å². The van der Waals surface area contributed by atoms with Crippen LogP contribution in [0.4, 0.5) is 6.18 Å². The van der Waals surface area contributed by atoms with E-state index < -0.39 is 20.2 Å². The van der Waals surface area contributed by atoms with Crippen LogP contribution in [0.1, 0.15) is 55.4 Å². The molecule has 0 aliphatic rings. The van der Waals surface area contributed by atoms with Crippen molar-refractivity contribution in [1.82, 2.24) is 0 Å². The van der Waals surface area contributed by atoms with Gasteiger partial charge in [-0.25, -0.2) is 0 Å². The zero-order valence-corrected chi connectivity index (χ0v) is 25.7. The normalized spacial score (nSPS) is 11.5. The first-order chi connectivity index (χ1) is 16.6. The van der Waals surface area contributed by atoms with Crippen molar-refractivity contribution in [2.45, 2.75) is 78.0 Å². The second-order valence-electron chi connectivity index (χ2n) is 9.95. The molecule has 0 saturated carbocycles. The van der Waals surface area contributed by atoms with Crippen molar-refractivity contribution in [2.75, 3.05) is 0 Å². The molecule has 0 aliphatic heterocycles. The Morgan fingerprint density at radius 3 is 1.11 bits per heavy atom. The molecule has 0 heterocycles. The molecule has 0 nitrogen and oxygen atoms in total. The zero-order valence-electron chi connectivity index (χ0n) is 22.4. The fraction of sp³-hybridized carbons (Fsp3) is 0.400. The molecule has 0 saturated heterocycles. The molecule has 4 aromatic carbocycles. The summed E-state index contributed by atoms with van der Waals surface area (Å²) in [5.41, 5.74) is 3.08. The minimum absolute atomic E-state index is 0.0206. The van der Waals surface area contributed by atoms with Crippen molar-refractivity contribution >= 4 is 48.0 Å². The van der Waals surface area contributed by atoms with Gasteiger partial charge in [-0.05, 0) is 22.6 Å². The molecule has 0 spiro atoms. The molecule has 35 heavy (non-hydrogen) atoms. The second-order valence-corrected chi connectivity index (χ2v) is 17.0. The number of fused-ring (bicyclic) bond motifs is 2. The molecule has 0 amide bonds. The van der Waals surface area contributed by atoms with Crippen LogP contribution in [0, 0.1) is 0 Å². The third kappa shape index (κ3) is 8.57. The average molecular weight is 548 g/mol. The van der Waals surface area contributed by atoms with Crippen molar-refractivity contribution in [3.05, 3.63) is 72.8 Å². The van der Waals surface area contributed by atoms with Gasteiger partial charge in [0.05, 0.1) is 0 Å². The summed E-state index contributed by atoms with van der Waals surface area (Å²) >= 11 is -2.50. The van der Waals surface area contributed by atoms with Crippen LogP contribution in [0.5, 0.6) is 0 Å². The number of halogens is 2. The van der Waals surface area contributed by atoms with E-state index >= 15 is 0 Å². The van der Waals surface area contributed by atoms with E-state index in [0.29, 0.717) is 0 Å². The quantitative estimate of drug-likeness (QED) is 0.128. The van der Waals surface area contributed by atoms with Crippen LogP contribution in [-0.2, 0) is 20.2 Å². The molecule has 0 unspecified atom stereocenters. The topological polar surface area (TPSA) is 0 Å². The standard InChI is InChI=1S/2C15H20P.2FH.Ti/c2*1-11(2)16(12(3)4)15-9-13-7-5-6-8-14(13)10-15;;;/h2*5-12H,1-4H3;2*1H;/q2*-1;;;+2/p-2. The van der Waals surface area contributed by atoms with E-state index in [4.69, 9.17) is 0 Å². The Bertz CT molecular complexity index is 971. The molecule has 0 N–H and O–H groups in total. The molecule has 0 radical (unpaired) electrons. The Morgan fingerprint density at radius 1 is 0.571 bits per heavy atom. The van der Waals surface area contributed by atoms with Gasteiger partial charge in [0.2, 0.25) is 0 Å². The summed E-state index contributed by atoms with van der Waals surface area (Å²) in [6, 6.07) is 26.9. The first-order valence-corrected chi connectivity index (χ1v) is 16.6. The van der Waals surface area contributed by atoms with Gasteiger partial charge in [0.25, 0.3) is 0 Å². The van der Waals surface area contributed by atoms with E-state index in [1.165, 1.54) is 21.5 Å². The summed E-state index contributed by atoms with van der Waals surface area (Å²) in [7, 11) is -0.0412. The van der Waals surface area contributed by atoms with Gasteiger partial charge in [-0.15, -0.1) is 80.7 Å². The Labute approximate surface area is 224 Å². The zero-order chi connectivity index (χ0) is 26.1. The third-order valence-electron chi connectivity index (χ3n) is 6.03. The van der Waals surface area contributed by atoms with Crippen LogP contribution in [0.15, 0.2) is 72.8 Å². The van der Waals surface area contributed by atoms with E-state index in [1.807, 2.05) is 0 Å². The Hall–Kier alpha value is -0.906. The van der Waals surface area contributed by atoms with Crippen molar-refractivity contribution in [3.8, 4) is 0 Å². The summed E-state index contributed by atoms with van der Waals surface area (Å²) in [5, 5.41) is 8.72. The van der Waals surface area contributed by atoms with Crippen LogP contribution >= 0.6 is 15.8 Å². The van der Waals surface area contributed by atoms with E-state index in [-0.39, 0.29) is 15.8 Å². The van der Waals surface area contributed by atoms with Crippen LogP contribution in [-0.4, -0.2) is 22.6 Å². The Kier molecular flexibility index (Phi) is 12.8. The molecule has 5 heteroatoms. The molecule has 190 valence electrons. The number of hydrogen-bond donors (Lipinski definition) is 0. The number of hydrogen-bond acceptors (Lipinski definition) is 0. The SMILES string of the molecule is CC(C)P(c1cc2ccccc2[cH-]1)C(C)C.CC(C)P(c1cc2ccccc2[cH-]1)C(C)C.[F][Ti][F]. The molecular weight excluding hydrogens is 508 g/mol. The van der Waals surface area contributed by atoms with Gasteiger partial charge in [0.15, 0.2) is 0 Å². The van der Waals surface area contributed by atoms with E-state index in [0.717, 1.165) is 22.6 Å². The monoisotopic (exact) mass is 548 g/mol. The summed E-state index contributed by atoms with van der Waals surface area (Å²) in [4.78, 5) is 0. The number of benzene rings is 2. The van der Waals surface area contributed by atoms with Gasteiger partial charge in [-0.1, -0.05) is 83.4 Å². The van der Waals surface area contributed by atoms with Gasteiger partial charge in [0.1, 0.15) is 0 Å². The molecule has 0 aliphatic carbocycles. The summed E-state index contributed by atoms with van der Waals surface area (Å²) in [5.74, 6) is 0. The van der Waals surface area contributed by atoms with Crippen molar-refractivity contribution < 1.29 is 26.4 Å². The van der Waals surface area contributed by atoms with Gasteiger partial charge >= 0.3 is 26.4 Å². The van der Waals surface area contributed by atoms with E-state index in [9.17, 15) is 6.18 Å². The maximum absolute atomic E-state index is 9.75. The van der Waals surface area contributed by atoms with Crippen LogP contribution in [0.25, 0.3) is 21.5 Å². The molecule has 0 bridgehead atoms. The van der Waals surface area contributed by atoms with Crippen molar-refractivity contribution in [2.24, 2.45) is 0 Å². The van der Waals surface area contributed by atoms with Gasteiger partial charge in [-0.2, -0.15) is 12.1 Å². The number of rotatable bonds is 6. The van der Waals surface area contributed by atoms with Gasteiger partial charge in [0, 0.05) is 0 Å². The predicted octanol–water partition coefficient (Wildman–Crippen LogP) is 9.80. The molecule has 0 fully saturated rings. The fourth-order valence-electron chi connectivity index (χ4n) is 4.95. The first-order valence-electron chi connectivity index (χ1n) is 12.4. The first kappa shape index (κ1) is 30.3.